The maximum Gasteiger partial charge on any atom is 0.419 e. The molecule has 3 aliphatic rings. The van der Waals surface area contributed by atoms with E-state index < -0.39 is 36.3 Å². The first kappa shape index (κ1) is 22.3. The molecule has 0 radical (unpaired) electrons. The highest BCUT2D eigenvalue weighted by Crippen LogP contribution is 2.35. The number of nitrogens with zero attached hydrogens (tertiary/aromatic N) is 6. The second-order valence-electron chi connectivity index (χ2n) is 8.02. The summed E-state index contributed by atoms with van der Waals surface area (Å²) < 4.78 is 67.0. The van der Waals surface area contributed by atoms with Gasteiger partial charge in [-0.15, -0.1) is 0 Å². The van der Waals surface area contributed by atoms with E-state index >= 15 is 0 Å². The number of hydrogen-bond acceptors (Lipinski definition) is 6. The molecule has 0 saturated carbocycles. The molecule has 0 N–H and O–H groups in total. The average Bonchev–Trinajstić information content (AvgIpc) is 3.13. The molecule has 1 atom stereocenters. The highest BCUT2D eigenvalue weighted by molar-refractivity contribution is 5.86. The van der Waals surface area contributed by atoms with Crippen LogP contribution in [-0.4, -0.2) is 90.2 Å². The highest BCUT2D eigenvalue weighted by atomic mass is 19.4. The molecular weight excluding hydrogens is 435 g/mol. The van der Waals surface area contributed by atoms with Gasteiger partial charge >= 0.3 is 6.18 Å². The first-order valence-corrected chi connectivity index (χ1v) is 10.2. The lowest BCUT2D eigenvalue weighted by Crippen LogP contribution is -2.53. The number of anilines is 1. The van der Waals surface area contributed by atoms with Crippen LogP contribution in [0.15, 0.2) is 35.2 Å². The number of pyridine rings is 1. The summed E-state index contributed by atoms with van der Waals surface area (Å²) in [5.74, 6) is -2.81. The summed E-state index contributed by atoms with van der Waals surface area (Å²) in [7, 11) is 1.66. The maximum absolute atomic E-state index is 13.5. The zero-order valence-corrected chi connectivity index (χ0v) is 17.4. The van der Waals surface area contributed by atoms with Gasteiger partial charge in [0.25, 0.3) is 11.8 Å². The molecule has 1 aromatic heterocycles. The van der Waals surface area contributed by atoms with E-state index in [1.807, 2.05) is 4.90 Å². The fraction of sp³-hybridized carbons (Fsp3) is 0.550. The van der Waals surface area contributed by atoms with Crippen LogP contribution in [0.3, 0.4) is 0 Å². The lowest BCUT2D eigenvalue weighted by atomic mass is 10.2. The Kier molecular flexibility index (Phi) is 5.72. The number of piperazine rings is 1. The van der Waals surface area contributed by atoms with Gasteiger partial charge < -0.3 is 19.6 Å². The van der Waals surface area contributed by atoms with Gasteiger partial charge in [0, 0.05) is 58.6 Å². The fourth-order valence-corrected chi connectivity index (χ4v) is 4.20. The molecule has 0 aliphatic carbocycles. The van der Waals surface area contributed by atoms with Crippen LogP contribution in [0.5, 0.6) is 0 Å². The molecule has 174 valence electrons. The van der Waals surface area contributed by atoms with Gasteiger partial charge in [-0.3, -0.25) is 9.79 Å². The molecule has 32 heavy (non-hydrogen) atoms. The van der Waals surface area contributed by atoms with Crippen LogP contribution in [0.4, 0.5) is 27.8 Å². The third-order valence-corrected chi connectivity index (χ3v) is 5.88. The Morgan fingerprint density at radius 3 is 2.44 bits per heavy atom. The Hall–Kier alpha value is -2.92. The molecular formula is C20H23F5N6O. The van der Waals surface area contributed by atoms with Crippen LogP contribution in [0, 0.1) is 0 Å². The van der Waals surface area contributed by atoms with E-state index in [4.69, 9.17) is 0 Å². The molecule has 0 bridgehead atoms. The zero-order valence-electron chi connectivity index (χ0n) is 17.4. The summed E-state index contributed by atoms with van der Waals surface area (Å²) in [6.07, 6.45) is -1.29. The minimum absolute atomic E-state index is 0.0188. The summed E-state index contributed by atoms with van der Waals surface area (Å²) in [5.41, 5.74) is -0.775. The molecule has 3 aliphatic heterocycles. The SMILES string of the molecule is CN1C(N2CCN(c3ncccc3C(F)(F)F)CC2)=CC=N[C@@H]1C(=O)N1CCC(F)(F)C1. The minimum Gasteiger partial charge on any atom is -0.355 e. The molecule has 1 amide bonds. The van der Waals surface area contributed by atoms with E-state index in [-0.39, 0.29) is 18.8 Å². The van der Waals surface area contributed by atoms with Gasteiger partial charge in [0.2, 0.25) is 6.17 Å². The predicted molar refractivity (Wildman–Crippen MR) is 107 cm³/mol. The number of likely N-dealkylation sites (N-methyl/N-ethyl adjacent to an activating group) is 1. The lowest BCUT2D eigenvalue weighted by molar-refractivity contribution is -0.137. The Bertz CT molecular complexity index is 925. The molecule has 2 fully saturated rings. The number of allylic oxidation sites excluding steroid dienone is 1. The predicted octanol–water partition coefficient (Wildman–Crippen LogP) is 2.27. The number of alkyl halides is 5. The van der Waals surface area contributed by atoms with Crippen LogP contribution < -0.4 is 4.90 Å². The second-order valence-corrected chi connectivity index (χ2v) is 8.02. The fourth-order valence-electron chi connectivity index (χ4n) is 4.20. The minimum atomic E-state index is -4.50. The van der Waals surface area contributed by atoms with Crippen LogP contribution >= 0.6 is 0 Å². The van der Waals surface area contributed by atoms with Gasteiger partial charge in [0.15, 0.2) is 0 Å². The van der Waals surface area contributed by atoms with Crippen molar-refractivity contribution in [3.05, 3.63) is 35.8 Å². The smallest absolute Gasteiger partial charge is 0.355 e. The van der Waals surface area contributed by atoms with Crippen LogP contribution in [-0.2, 0) is 11.0 Å². The molecule has 4 rings (SSSR count). The topological polar surface area (TPSA) is 55.3 Å². The second kappa shape index (κ2) is 8.21. The van der Waals surface area contributed by atoms with Gasteiger partial charge in [-0.25, -0.2) is 13.8 Å². The summed E-state index contributed by atoms with van der Waals surface area (Å²) >= 11 is 0. The number of halogens is 5. The van der Waals surface area contributed by atoms with Crippen molar-refractivity contribution in [1.82, 2.24) is 19.7 Å². The van der Waals surface area contributed by atoms with Crippen molar-refractivity contribution >= 4 is 17.9 Å². The van der Waals surface area contributed by atoms with Crippen molar-refractivity contribution in [2.24, 2.45) is 4.99 Å². The number of aromatic nitrogens is 1. The van der Waals surface area contributed by atoms with Crippen molar-refractivity contribution in [2.45, 2.75) is 24.7 Å². The van der Waals surface area contributed by atoms with E-state index in [1.165, 1.54) is 18.5 Å². The van der Waals surface area contributed by atoms with Crippen LogP contribution in [0.1, 0.15) is 12.0 Å². The normalized spacial score (nSPS) is 23.6. The van der Waals surface area contributed by atoms with Gasteiger partial charge in [-0.1, -0.05) is 0 Å². The van der Waals surface area contributed by atoms with Gasteiger partial charge in [-0.05, 0) is 18.2 Å². The molecule has 2 saturated heterocycles. The van der Waals surface area contributed by atoms with E-state index in [9.17, 15) is 26.7 Å². The molecule has 7 nitrogen and oxygen atoms in total. The number of amides is 1. The molecule has 12 heteroatoms. The highest BCUT2D eigenvalue weighted by Gasteiger charge is 2.43. The van der Waals surface area contributed by atoms with Gasteiger partial charge in [0.1, 0.15) is 11.6 Å². The third kappa shape index (κ3) is 4.35. The largest absolute Gasteiger partial charge is 0.419 e. The first-order chi connectivity index (χ1) is 15.1. The quantitative estimate of drug-likeness (QED) is 0.651. The number of carbonyl (C=O) groups is 1. The monoisotopic (exact) mass is 458 g/mol. The summed E-state index contributed by atoms with van der Waals surface area (Å²) in [6.45, 7) is 0.782. The number of rotatable bonds is 3. The Morgan fingerprint density at radius 1 is 1.12 bits per heavy atom. The molecule has 4 heterocycles. The zero-order chi connectivity index (χ0) is 23.1. The maximum atomic E-state index is 13.5. The van der Waals surface area contributed by atoms with Crippen molar-refractivity contribution in [3.63, 3.8) is 0 Å². The van der Waals surface area contributed by atoms with E-state index in [0.717, 1.165) is 11.0 Å². The molecule has 0 unspecified atom stereocenters. The standard InChI is InChI=1S/C20H23F5N6O/c1-28-15(4-7-27-17(28)18(32)31-8-5-19(21,22)13-31)29-9-11-30(12-10-29)16-14(20(23,24)25)3-2-6-26-16/h2-4,6-7,17H,5,8-13H2,1H3/t17-/m0/s1. The Morgan fingerprint density at radius 2 is 1.81 bits per heavy atom. The van der Waals surface area contributed by atoms with E-state index in [1.54, 1.807) is 22.9 Å². The third-order valence-electron chi connectivity index (χ3n) is 5.88. The lowest BCUT2D eigenvalue weighted by Gasteiger charge is -2.43. The van der Waals surface area contributed by atoms with Gasteiger partial charge in [-0.2, -0.15) is 13.2 Å². The van der Waals surface area contributed by atoms with E-state index in [2.05, 4.69) is 9.98 Å². The van der Waals surface area contributed by atoms with Crippen molar-refractivity contribution < 1.29 is 26.7 Å². The van der Waals surface area contributed by atoms with Crippen LogP contribution in [0.25, 0.3) is 0 Å². The number of likely N-dealkylation sites (tertiary alicyclic amines) is 1. The van der Waals surface area contributed by atoms with E-state index in [0.29, 0.717) is 32.0 Å². The average molecular weight is 458 g/mol. The number of carbonyl (C=O) groups excluding carboxylic acids is 1. The summed E-state index contributed by atoms with van der Waals surface area (Å²) in [6, 6.07) is 2.28. The first-order valence-electron chi connectivity index (χ1n) is 10.2. The van der Waals surface area contributed by atoms with Crippen molar-refractivity contribution in [3.8, 4) is 0 Å². The summed E-state index contributed by atoms with van der Waals surface area (Å²) in [5, 5.41) is 0. The molecule has 0 aromatic carbocycles. The molecule has 1 aromatic rings. The van der Waals surface area contributed by atoms with Crippen LogP contribution in [0.2, 0.25) is 0 Å². The molecule has 0 spiro atoms. The number of hydrogen-bond donors (Lipinski definition) is 0. The Balaban J connectivity index is 1.42. The van der Waals surface area contributed by atoms with Crippen molar-refractivity contribution in [1.29, 1.82) is 0 Å². The summed E-state index contributed by atoms with van der Waals surface area (Å²) in [4.78, 5) is 27.1. The Labute approximate surface area is 181 Å². The van der Waals surface area contributed by atoms with Gasteiger partial charge in [0.05, 0.1) is 12.1 Å². The number of aliphatic imine (C=N–C) groups is 1. The van der Waals surface area contributed by atoms with Crippen molar-refractivity contribution in [2.75, 3.05) is 51.2 Å².